The number of aromatic hydroxyl groups is 1. The van der Waals surface area contributed by atoms with Crippen LogP contribution in [0.5, 0.6) is 5.75 Å². The molecule has 5 aromatic rings. The Bertz CT molecular complexity index is 1530. The van der Waals surface area contributed by atoms with E-state index in [1.165, 1.54) is 0 Å². The van der Waals surface area contributed by atoms with Crippen molar-refractivity contribution in [3.8, 4) is 11.4 Å². The third-order valence-electron chi connectivity index (χ3n) is 5.21. The number of benzene rings is 4. The van der Waals surface area contributed by atoms with Crippen molar-refractivity contribution in [3.05, 3.63) is 110 Å². The lowest BCUT2D eigenvalue weighted by Gasteiger charge is -2.14. The summed E-state index contributed by atoms with van der Waals surface area (Å²) >= 11 is 2.20. The third kappa shape index (κ3) is 3.61. The van der Waals surface area contributed by atoms with E-state index in [2.05, 4.69) is 22.6 Å². The zero-order valence-electron chi connectivity index (χ0n) is 16.4. The van der Waals surface area contributed by atoms with Gasteiger partial charge in [-0.05, 0) is 70.5 Å². The molecule has 0 radical (unpaired) electrons. The van der Waals surface area contributed by atoms with Gasteiger partial charge in [0.2, 0.25) is 0 Å². The maximum Gasteiger partial charge on any atom is 0.266 e. The van der Waals surface area contributed by atoms with Crippen molar-refractivity contribution in [3.63, 3.8) is 0 Å². The molecule has 4 aromatic carbocycles. The first-order valence-corrected chi connectivity index (χ1v) is 10.9. The number of fused-ring (bicyclic) bond motifs is 2. The molecule has 31 heavy (non-hydrogen) atoms. The van der Waals surface area contributed by atoms with Gasteiger partial charge in [-0.15, -0.1) is 0 Å². The predicted octanol–water partition coefficient (Wildman–Crippen LogP) is 6.02. The van der Waals surface area contributed by atoms with Crippen LogP contribution in [0.25, 0.3) is 39.5 Å². The Hall–Kier alpha value is -3.45. The highest BCUT2D eigenvalue weighted by Gasteiger charge is 2.14. The van der Waals surface area contributed by atoms with Crippen molar-refractivity contribution in [2.75, 3.05) is 0 Å². The topological polar surface area (TPSA) is 55.1 Å². The van der Waals surface area contributed by atoms with Crippen LogP contribution >= 0.6 is 22.6 Å². The standard InChI is InChI=1S/C26H17IN2O2/c27-19-13-14-22-21(16-19)26(31)29(23-10-5-8-17-6-1-3-9-20(17)23)25(28-22)15-12-18-7-2-4-11-24(18)30/h1-16,30H. The Labute approximate surface area is 192 Å². The molecule has 0 aliphatic rings. The summed E-state index contributed by atoms with van der Waals surface area (Å²) in [6.07, 6.45) is 3.55. The number of rotatable bonds is 3. The van der Waals surface area contributed by atoms with Crippen molar-refractivity contribution < 1.29 is 5.11 Å². The summed E-state index contributed by atoms with van der Waals surface area (Å²) in [7, 11) is 0. The molecule has 4 nitrogen and oxygen atoms in total. The molecular formula is C26H17IN2O2. The lowest BCUT2D eigenvalue weighted by atomic mass is 10.1. The van der Waals surface area contributed by atoms with Crippen molar-refractivity contribution in [2.24, 2.45) is 0 Å². The molecule has 0 aliphatic carbocycles. The molecule has 0 saturated heterocycles. The van der Waals surface area contributed by atoms with Gasteiger partial charge >= 0.3 is 0 Å². The second kappa shape index (κ2) is 8.00. The molecule has 0 amide bonds. The van der Waals surface area contributed by atoms with E-state index in [0.717, 1.165) is 20.0 Å². The van der Waals surface area contributed by atoms with Crippen LogP contribution < -0.4 is 5.56 Å². The fraction of sp³-hybridized carbons (Fsp3) is 0. The van der Waals surface area contributed by atoms with E-state index < -0.39 is 0 Å². The van der Waals surface area contributed by atoms with Gasteiger partial charge in [-0.3, -0.25) is 9.36 Å². The molecule has 0 fully saturated rings. The molecule has 0 bridgehead atoms. The number of halogens is 1. The normalized spacial score (nSPS) is 11.5. The summed E-state index contributed by atoms with van der Waals surface area (Å²) in [5.74, 6) is 0.673. The van der Waals surface area contributed by atoms with Gasteiger partial charge < -0.3 is 5.11 Å². The third-order valence-corrected chi connectivity index (χ3v) is 5.88. The van der Waals surface area contributed by atoms with Gasteiger partial charge in [0.15, 0.2) is 0 Å². The van der Waals surface area contributed by atoms with E-state index in [1.807, 2.05) is 72.8 Å². The molecule has 1 N–H and O–H groups in total. The Morgan fingerprint density at radius 3 is 2.48 bits per heavy atom. The fourth-order valence-electron chi connectivity index (χ4n) is 3.72. The quantitative estimate of drug-likeness (QED) is 0.299. The zero-order valence-corrected chi connectivity index (χ0v) is 18.5. The van der Waals surface area contributed by atoms with E-state index in [1.54, 1.807) is 28.9 Å². The molecule has 1 heterocycles. The van der Waals surface area contributed by atoms with Crippen LogP contribution in [0.3, 0.4) is 0 Å². The first-order chi connectivity index (χ1) is 15.1. The maximum atomic E-state index is 13.7. The van der Waals surface area contributed by atoms with Gasteiger partial charge in [-0.2, -0.15) is 0 Å². The second-order valence-electron chi connectivity index (χ2n) is 7.16. The number of aromatic nitrogens is 2. The highest BCUT2D eigenvalue weighted by Crippen LogP contribution is 2.25. The lowest BCUT2D eigenvalue weighted by molar-refractivity contribution is 0.474. The number of nitrogens with zero attached hydrogens (tertiary/aromatic N) is 2. The van der Waals surface area contributed by atoms with E-state index >= 15 is 0 Å². The van der Waals surface area contributed by atoms with Crippen LogP contribution in [0.1, 0.15) is 11.4 Å². The van der Waals surface area contributed by atoms with Crippen molar-refractivity contribution in [2.45, 2.75) is 0 Å². The summed E-state index contributed by atoms with van der Waals surface area (Å²) in [6.45, 7) is 0. The van der Waals surface area contributed by atoms with E-state index in [0.29, 0.717) is 22.3 Å². The van der Waals surface area contributed by atoms with Crippen molar-refractivity contribution >= 4 is 56.4 Å². The molecule has 1 aromatic heterocycles. The van der Waals surface area contributed by atoms with Crippen molar-refractivity contribution in [1.82, 2.24) is 9.55 Å². The first kappa shape index (κ1) is 19.5. The van der Waals surface area contributed by atoms with Crippen molar-refractivity contribution in [1.29, 1.82) is 0 Å². The number of phenolic OH excluding ortho intramolecular Hbond substituents is 1. The molecular weight excluding hydrogens is 499 g/mol. The van der Waals surface area contributed by atoms with Gasteiger partial charge in [0.05, 0.1) is 16.6 Å². The summed E-state index contributed by atoms with van der Waals surface area (Å²) in [5.41, 5.74) is 1.94. The summed E-state index contributed by atoms with van der Waals surface area (Å²) in [4.78, 5) is 18.5. The largest absolute Gasteiger partial charge is 0.507 e. The molecule has 5 heteroatoms. The summed E-state index contributed by atoms with van der Waals surface area (Å²) in [6, 6.07) is 26.6. The molecule has 150 valence electrons. The van der Waals surface area contributed by atoms with Gasteiger partial charge in [-0.1, -0.05) is 54.6 Å². The highest BCUT2D eigenvalue weighted by atomic mass is 127. The van der Waals surface area contributed by atoms with Crippen LogP contribution in [0.15, 0.2) is 89.7 Å². The molecule has 0 aliphatic heterocycles. The first-order valence-electron chi connectivity index (χ1n) is 9.78. The highest BCUT2D eigenvalue weighted by molar-refractivity contribution is 14.1. The second-order valence-corrected chi connectivity index (χ2v) is 8.41. The van der Waals surface area contributed by atoms with E-state index in [9.17, 15) is 9.90 Å². The fourth-order valence-corrected chi connectivity index (χ4v) is 4.21. The number of hydrogen-bond donors (Lipinski definition) is 1. The Kier molecular flexibility index (Phi) is 5.03. The van der Waals surface area contributed by atoms with Crippen LogP contribution in [0.2, 0.25) is 0 Å². The molecule has 0 atom stereocenters. The van der Waals surface area contributed by atoms with Gasteiger partial charge in [0.25, 0.3) is 5.56 Å². The maximum absolute atomic E-state index is 13.7. The minimum Gasteiger partial charge on any atom is -0.507 e. The monoisotopic (exact) mass is 516 g/mol. The summed E-state index contributed by atoms with van der Waals surface area (Å²) < 4.78 is 2.63. The lowest BCUT2D eigenvalue weighted by Crippen LogP contribution is -2.22. The van der Waals surface area contributed by atoms with Gasteiger partial charge in [-0.25, -0.2) is 4.98 Å². The van der Waals surface area contributed by atoms with Crippen LogP contribution in [-0.2, 0) is 0 Å². The molecule has 5 rings (SSSR count). The predicted molar refractivity (Wildman–Crippen MR) is 135 cm³/mol. The molecule has 0 spiro atoms. The van der Waals surface area contributed by atoms with Gasteiger partial charge in [0.1, 0.15) is 11.6 Å². The molecule has 0 saturated carbocycles. The number of para-hydroxylation sites is 1. The van der Waals surface area contributed by atoms with Gasteiger partial charge in [0, 0.05) is 14.5 Å². The minimum atomic E-state index is -0.128. The number of hydrogen-bond acceptors (Lipinski definition) is 3. The zero-order chi connectivity index (χ0) is 21.4. The Morgan fingerprint density at radius 2 is 1.61 bits per heavy atom. The minimum absolute atomic E-state index is 0.128. The Morgan fingerprint density at radius 1 is 0.839 bits per heavy atom. The van der Waals surface area contributed by atoms with Crippen LogP contribution in [-0.4, -0.2) is 14.7 Å². The van der Waals surface area contributed by atoms with E-state index in [-0.39, 0.29) is 11.3 Å². The smallest absolute Gasteiger partial charge is 0.266 e. The van der Waals surface area contributed by atoms with Crippen LogP contribution in [0.4, 0.5) is 0 Å². The average Bonchev–Trinajstić information content (AvgIpc) is 2.79. The van der Waals surface area contributed by atoms with E-state index in [4.69, 9.17) is 4.98 Å². The molecule has 0 unspecified atom stereocenters. The SMILES string of the molecule is O=c1c2cc(I)ccc2nc(C=Cc2ccccc2O)n1-c1cccc2ccccc12. The summed E-state index contributed by atoms with van der Waals surface area (Å²) in [5, 5.41) is 12.7. The Balaban J connectivity index is 1.83. The average molecular weight is 516 g/mol. The van der Waals surface area contributed by atoms with Crippen LogP contribution in [0, 0.1) is 3.57 Å². The number of phenols is 1.